The Bertz CT molecular complexity index is 396. The zero-order chi connectivity index (χ0) is 12.9. The molecule has 0 fully saturated rings. The molecule has 2 nitrogen and oxygen atoms in total. The lowest BCUT2D eigenvalue weighted by Gasteiger charge is -2.16. The van der Waals surface area contributed by atoms with Crippen molar-refractivity contribution in [2.75, 3.05) is 0 Å². The zero-order valence-corrected chi connectivity index (χ0v) is 9.07. The van der Waals surface area contributed by atoms with Gasteiger partial charge in [0.25, 0.3) is 0 Å². The Morgan fingerprint density at radius 3 is 2.35 bits per heavy atom. The maximum atomic E-state index is 12.5. The predicted octanol–water partition coefficient (Wildman–Crippen LogP) is 3.19. The van der Waals surface area contributed by atoms with E-state index < -0.39 is 18.2 Å². The lowest BCUT2D eigenvalue weighted by Crippen LogP contribution is -2.31. The summed E-state index contributed by atoms with van der Waals surface area (Å²) in [6.45, 7) is 0.940. The number of hydrogen-bond acceptors (Lipinski definition) is 2. The molecule has 0 saturated carbocycles. The third-order valence-corrected chi connectivity index (χ3v) is 1.88. The van der Waals surface area contributed by atoms with Gasteiger partial charge >= 0.3 is 12.1 Å². The van der Waals surface area contributed by atoms with Gasteiger partial charge < -0.3 is 4.74 Å². The van der Waals surface area contributed by atoms with Crippen LogP contribution >= 0.6 is 0 Å². The highest BCUT2D eigenvalue weighted by atomic mass is 19.4. The number of halogens is 3. The molecule has 17 heavy (non-hydrogen) atoms. The van der Waals surface area contributed by atoms with Crippen LogP contribution in [0.1, 0.15) is 12.5 Å². The van der Waals surface area contributed by atoms with E-state index in [9.17, 15) is 18.0 Å². The topological polar surface area (TPSA) is 26.3 Å². The molecular weight excluding hydrogens is 233 g/mol. The van der Waals surface area contributed by atoms with Gasteiger partial charge in [-0.1, -0.05) is 36.4 Å². The Labute approximate surface area is 96.7 Å². The molecular formula is C12H11F3O2. The summed E-state index contributed by atoms with van der Waals surface area (Å²) in [4.78, 5) is 10.6. The van der Waals surface area contributed by atoms with Crippen LogP contribution < -0.4 is 0 Å². The van der Waals surface area contributed by atoms with Crippen molar-refractivity contribution in [1.82, 2.24) is 0 Å². The summed E-state index contributed by atoms with van der Waals surface area (Å²) in [5, 5.41) is 0. The molecule has 0 N–H and O–H groups in total. The molecule has 0 aliphatic rings. The second-order valence-corrected chi connectivity index (χ2v) is 3.34. The van der Waals surface area contributed by atoms with E-state index in [1.807, 2.05) is 0 Å². The first-order valence-corrected chi connectivity index (χ1v) is 4.87. The van der Waals surface area contributed by atoms with Gasteiger partial charge in [0.15, 0.2) is 0 Å². The van der Waals surface area contributed by atoms with E-state index in [0.29, 0.717) is 5.56 Å². The van der Waals surface area contributed by atoms with Crippen molar-refractivity contribution in [1.29, 1.82) is 0 Å². The minimum Gasteiger partial charge on any atom is -0.449 e. The molecule has 0 heterocycles. The van der Waals surface area contributed by atoms with Crippen molar-refractivity contribution in [2.45, 2.75) is 19.2 Å². The highest BCUT2D eigenvalue weighted by Crippen LogP contribution is 2.24. The summed E-state index contributed by atoms with van der Waals surface area (Å²) in [6, 6.07) is 8.46. The monoisotopic (exact) mass is 244 g/mol. The molecule has 0 amide bonds. The number of ether oxygens (including phenoxy) is 1. The number of rotatable bonds is 3. The maximum absolute atomic E-state index is 12.5. The molecule has 1 rings (SSSR count). The van der Waals surface area contributed by atoms with Crippen LogP contribution in [0.25, 0.3) is 6.08 Å². The standard InChI is InChI=1S/C12H11F3O2/c1-9(16)17-11(12(13,14)15)8-7-10-5-3-2-4-6-10/h2-8,11H,1H3/b8-7-/t11-/m1/s1. The van der Waals surface area contributed by atoms with E-state index in [1.54, 1.807) is 30.3 Å². The Morgan fingerprint density at radius 1 is 1.29 bits per heavy atom. The smallest absolute Gasteiger partial charge is 0.429 e. The van der Waals surface area contributed by atoms with Gasteiger partial charge in [0, 0.05) is 6.92 Å². The summed E-state index contributed by atoms with van der Waals surface area (Å²) in [6.07, 6.45) is -4.73. The van der Waals surface area contributed by atoms with Crippen molar-refractivity contribution in [2.24, 2.45) is 0 Å². The van der Waals surface area contributed by atoms with E-state index in [2.05, 4.69) is 4.74 Å². The minimum absolute atomic E-state index is 0.605. The molecule has 92 valence electrons. The maximum Gasteiger partial charge on any atom is 0.429 e. The van der Waals surface area contributed by atoms with Gasteiger partial charge in [-0.3, -0.25) is 4.79 Å². The lowest BCUT2D eigenvalue weighted by atomic mass is 10.2. The highest BCUT2D eigenvalue weighted by molar-refractivity contribution is 5.66. The van der Waals surface area contributed by atoms with Gasteiger partial charge in [0.2, 0.25) is 6.10 Å². The van der Waals surface area contributed by atoms with Gasteiger partial charge in [0.1, 0.15) is 0 Å². The normalized spacial score (nSPS) is 13.6. The van der Waals surface area contributed by atoms with E-state index in [0.717, 1.165) is 13.0 Å². The molecule has 0 bridgehead atoms. The number of benzene rings is 1. The average Bonchev–Trinajstić information content (AvgIpc) is 2.23. The molecule has 5 heteroatoms. The van der Waals surface area contributed by atoms with E-state index in [1.165, 1.54) is 6.08 Å². The van der Waals surface area contributed by atoms with Gasteiger partial charge in [-0.25, -0.2) is 0 Å². The fourth-order valence-corrected chi connectivity index (χ4v) is 1.16. The first kappa shape index (κ1) is 13.3. The molecule has 0 aliphatic carbocycles. The lowest BCUT2D eigenvalue weighted by molar-refractivity contribution is -0.206. The quantitative estimate of drug-likeness (QED) is 0.763. The summed E-state index contributed by atoms with van der Waals surface area (Å²) < 4.78 is 41.5. The Balaban J connectivity index is 2.80. The molecule has 0 spiro atoms. The van der Waals surface area contributed by atoms with Crippen LogP contribution in [0, 0.1) is 0 Å². The summed E-state index contributed by atoms with van der Waals surface area (Å²) in [5.41, 5.74) is 0.605. The van der Waals surface area contributed by atoms with Crippen LogP contribution in [-0.4, -0.2) is 18.2 Å². The molecule has 1 aromatic carbocycles. The largest absolute Gasteiger partial charge is 0.449 e. The highest BCUT2D eigenvalue weighted by Gasteiger charge is 2.40. The van der Waals surface area contributed by atoms with E-state index >= 15 is 0 Å². The van der Waals surface area contributed by atoms with Crippen LogP contribution in [0.5, 0.6) is 0 Å². The van der Waals surface area contributed by atoms with Crippen LogP contribution in [0.15, 0.2) is 36.4 Å². The number of carbonyl (C=O) groups excluding carboxylic acids is 1. The van der Waals surface area contributed by atoms with Crippen molar-refractivity contribution >= 4 is 12.0 Å². The Morgan fingerprint density at radius 2 is 1.88 bits per heavy atom. The Hall–Kier alpha value is -1.78. The molecule has 0 aliphatic heterocycles. The van der Waals surface area contributed by atoms with Gasteiger partial charge in [-0.05, 0) is 11.6 Å². The van der Waals surface area contributed by atoms with Crippen molar-refractivity contribution in [3.8, 4) is 0 Å². The van der Waals surface area contributed by atoms with Crippen molar-refractivity contribution in [3.05, 3.63) is 42.0 Å². The summed E-state index contributed by atoms with van der Waals surface area (Å²) in [5.74, 6) is -0.968. The molecule has 0 aromatic heterocycles. The predicted molar refractivity (Wildman–Crippen MR) is 57.1 cm³/mol. The second-order valence-electron chi connectivity index (χ2n) is 3.34. The molecule has 0 saturated heterocycles. The third-order valence-electron chi connectivity index (χ3n) is 1.88. The van der Waals surface area contributed by atoms with Gasteiger partial charge in [0.05, 0.1) is 0 Å². The van der Waals surface area contributed by atoms with Gasteiger partial charge in [-0.15, -0.1) is 0 Å². The summed E-state index contributed by atoms with van der Waals surface area (Å²) >= 11 is 0. The second kappa shape index (κ2) is 5.52. The molecule has 1 aromatic rings. The molecule has 0 radical (unpaired) electrons. The molecule has 1 atom stereocenters. The van der Waals surface area contributed by atoms with E-state index in [-0.39, 0.29) is 0 Å². The number of esters is 1. The van der Waals surface area contributed by atoms with Crippen LogP contribution in [0.2, 0.25) is 0 Å². The zero-order valence-electron chi connectivity index (χ0n) is 9.07. The average molecular weight is 244 g/mol. The van der Waals surface area contributed by atoms with Gasteiger partial charge in [-0.2, -0.15) is 13.2 Å². The minimum atomic E-state index is -4.60. The fraction of sp³-hybridized carbons (Fsp3) is 0.250. The first-order chi connectivity index (χ1) is 7.89. The third kappa shape index (κ3) is 4.72. The van der Waals surface area contributed by atoms with Crippen molar-refractivity contribution < 1.29 is 22.7 Å². The van der Waals surface area contributed by atoms with E-state index in [4.69, 9.17) is 0 Å². The SMILES string of the molecule is CC(=O)O[C@H](/C=C\c1ccccc1)C(F)(F)F. The van der Waals surface area contributed by atoms with Crippen LogP contribution in [0.4, 0.5) is 13.2 Å². The number of alkyl halides is 3. The number of carbonyl (C=O) groups is 1. The fourth-order valence-electron chi connectivity index (χ4n) is 1.16. The van der Waals surface area contributed by atoms with Crippen molar-refractivity contribution in [3.63, 3.8) is 0 Å². The van der Waals surface area contributed by atoms with Crippen LogP contribution in [-0.2, 0) is 9.53 Å². The number of hydrogen-bond donors (Lipinski definition) is 0. The Kier molecular flexibility index (Phi) is 4.31. The first-order valence-electron chi connectivity index (χ1n) is 4.87. The van der Waals surface area contributed by atoms with Crippen LogP contribution in [0.3, 0.4) is 0 Å². The summed E-state index contributed by atoms with van der Waals surface area (Å²) in [7, 11) is 0. The molecule has 0 unspecified atom stereocenters.